The molecule has 0 aliphatic heterocycles. The maximum atomic E-state index is 10.6. The number of aromatic nitrogens is 1. The molecular weight excluding hydrogens is 242 g/mol. The third-order valence-corrected chi connectivity index (χ3v) is 3.21. The highest BCUT2D eigenvalue weighted by Crippen LogP contribution is 2.32. The quantitative estimate of drug-likeness (QED) is 0.651. The van der Waals surface area contributed by atoms with Gasteiger partial charge in [0, 0.05) is 19.0 Å². The summed E-state index contributed by atoms with van der Waals surface area (Å²) < 4.78 is 5.50. The summed E-state index contributed by atoms with van der Waals surface area (Å²) in [5.41, 5.74) is 0. The molecule has 0 aromatic carbocycles. The molecule has 7 heteroatoms. The van der Waals surface area contributed by atoms with Crippen molar-refractivity contribution in [1.29, 1.82) is 0 Å². The Morgan fingerprint density at radius 3 is 3.06 bits per heavy atom. The number of nitro groups is 1. The van der Waals surface area contributed by atoms with Gasteiger partial charge in [-0.3, -0.25) is 10.1 Å². The molecule has 0 aliphatic rings. The lowest BCUT2D eigenvalue weighted by Crippen LogP contribution is -2.10. The molecule has 0 atom stereocenters. The fourth-order valence-electron chi connectivity index (χ4n) is 1.33. The van der Waals surface area contributed by atoms with E-state index in [9.17, 15) is 10.1 Å². The molecule has 0 unspecified atom stereocenters. The number of likely N-dealkylation sites (N-methyl/N-ethyl adjacent to an activating group) is 1. The summed E-state index contributed by atoms with van der Waals surface area (Å²) in [7, 11) is 1.85. The van der Waals surface area contributed by atoms with Gasteiger partial charge in [-0.2, -0.15) is 0 Å². The molecule has 0 saturated carbocycles. The minimum atomic E-state index is -0.410. The van der Waals surface area contributed by atoms with Gasteiger partial charge in [0.05, 0.1) is 16.0 Å². The third kappa shape index (κ3) is 2.69. The highest BCUT2D eigenvalue weighted by Gasteiger charge is 2.14. The van der Waals surface area contributed by atoms with E-state index in [0.717, 1.165) is 22.8 Å². The van der Waals surface area contributed by atoms with Crippen LogP contribution >= 0.6 is 11.3 Å². The first-order valence-corrected chi connectivity index (χ1v) is 5.86. The first kappa shape index (κ1) is 11.7. The normalized spacial score (nSPS) is 10.6. The predicted octanol–water partition coefficient (Wildman–Crippen LogP) is 2.07. The van der Waals surface area contributed by atoms with Crippen molar-refractivity contribution in [3.05, 3.63) is 34.3 Å². The summed E-state index contributed by atoms with van der Waals surface area (Å²) >= 11 is 1.08. The molecule has 0 aliphatic carbocycles. The van der Waals surface area contributed by atoms with Crippen LogP contribution < -0.4 is 5.32 Å². The number of thiophene rings is 1. The zero-order valence-electron chi connectivity index (χ0n) is 9.17. The van der Waals surface area contributed by atoms with Crippen LogP contribution in [0.1, 0.15) is 5.89 Å². The summed E-state index contributed by atoms with van der Waals surface area (Å²) in [6.07, 6.45) is 2.30. The van der Waals surface area contributed by atoms with Gasteiger partial charge >= 0.3 is 5.00 Å². The Labute approximate surface area is 101 Å². The van der Waals surface area contributed by atoms with Crippen molar-refractivity contribution in [1.82, 2.24) is 10.3 Å². The van der Waals surface area contributed by atoms with Crippen LogP contribution in [-0.2, 0) is 6.42 Å². The molecule has 0 fully saturated rings. The van der Waals surface area contributed by atoms with Crippen molar-refractivity contribution in [2.45, 2.75) is 6.42 Å². The van der Waals surface area contributed by atoms with Crippen molar-refractivity contribution >= 4 is 16.3 Å². The first-order chi connectivity index (χ1) is 8.20. The van der Waals surface area contributed by atoms with Gasteiger partial charge in [0.1, 0.15) is 0 Å². The van der Waals surface area contributed by atoms with Gasteiger partial charge in [0.15, 0.2) is 11.7 Å². The Balaban J connectivity index is 2.15. The Hall–Kier alpha value is -1.73. The molecule has 0 spiro atoms. The van der Waals surface area contributed by atoms with E-state index in [0.29, 0.717) is 18.1 Å². The lowest BCUT2D eigenvalue weighted by atomic mass is 10.4. The molecule has 2 aromatic rings. The fourth-order valence-corrected chi connectivity index (χ4v) is 2.10. The summed E-state index contributed by atoms with van der Waals surface area (Å²) in [4.78, 5) is 15.0. The molecule has 2 heterocycles. The fraction of sp³-hybridized carbons (Fsp3) is 0.300. The second kappa shape index (κ2) is 5.07. The van der Waals surface area contributed by atoms with Crippen LogP contribution in [0.2, 0.25) is 0 Å². The highest BCUT2D eigenvalue weighted by atomic mass is 32.1. The van der Waals surface area contributed by atoms with Gasteiger partial charge in [-0.25, -0.2) is 4.98 Å². The van der Waals surface area contributed by atoms with E-state index in [-0.39, 0.29) is 5.00 Å². The van der Waals surface area contributed by atoms with E-state index in [1.165, 1.54) is 6.07 Å². The number of nitrogens with one attached hydrogen (secondary N) is 1. The molecule has 6 nitrogen and oxygen atoms in total. The standard InChI is InChI=1S/C10H11N3O3S/c1-11-5-4-9-12-6-7(16-9)8-2-3-10(17-8)13(14)15/h2-3,6,11H,4-5H2,1H3. The maximum absolute atomic E-state index is 10.6. The van der Waals surface area contributed by atoms with Gasteiger partial charge < -0.3 is 9.73 Å². The van der Waals surface area contributed by atoms with E-state index in [1.807, 2.05) is 7.05 Å². The summed E-state index contributed by atoms with van der Waals surface area (Å²) in [6, 6.07) is 3.14. The number of hydrogen-bond donors (Lipinski definition) is 1. The molecular formula is C10H11N3O3S. The number of rotatable bonds is 5. The summed E-state index contributed by atoms with van der Waals surface area (Å²) in [5, 5.41) is 13.7. The lowest BCUT2D eigenvalue weighted by Gasteiger charge is -1.93. The van der Waals surface area contributed by atoms with Crippen molar-refractivity contribution in [2.24, 2.45) is 0 Å². The van der Waals surface area contributed by atoms with Gasteiger partial charge in [-0.1, -0.05) is 11.3 Å². The van der Waals surface area contributed by atoms with Crippen LogP contribution in [0.5, 0.6) is 0 Å². The van der Waals surface area contributed by atoms with Crippen LogP contribution in [-0.4, -0.2) is 23.5 Å². The van der Waals surface area contributed by atoms with Gasteiger partial charge in [0.2, 0.25) is 0 Å². The molecule has 0 bridgehead atoms. The molecule has 90 valence electrons. The summed E-state index contributed by atoms with van der Waals surface area (Å²) in [5.74, 6) is 1.21. The van der Waals surface area contributed by atoms with Crippen LogP contribution in [0.15, 0.2) is 22.7 Å². The summed E-state index contributed by atoms with van der Waals surface area (Å²) in [6.45, 7) is 0.782. The average Bonchev–Trinajstić information content (AvgIpc) is 2.94. The van der Waals surface area contributed by atoms with Crippen molar-refractivity contribution in [2.75, 3.05) is 13.6 Å². The smallest absolute Gasteiger partial charge is 0.324 e. The topological polar surface area (TPSA) is 81.2 Å². The molecule has 2 rings (SSSR count). The van der Waals surface area contributed by atoms with E-state index >= 15 is 0 Å². The Morgan fingerprint density at radius 1 is 1.59 bits per heavy atom. The third-order valence-electron chi connectivity index (χ3n) is 2.16. The molecule has 0 saturated heterocycles. The van der Waals surface area contributed by atoms with Crippen molar-refractivity contribution in [3.8, 4) is 10.6 Å². The van der Waals surface area contributed by atoms with E-state index in [1.54, 1.807) is 12.3 Å². The van der Waals surface area contributed by atoms with Crippen LogP contribution in [0.25, 0.3) is 10.6 Å². The van der Waals surface area contributed by atoms with Crippen LogP contribution in [0.3, 0.4) is 0 Å². The van der Waals surface area contributed by atoms with E-state index in [4.69, 9.17) is 4.42 Å². The molecule has 0 radical (unpaired) electrons. The van der Waals surface area contributed by atoms with Gasteiger partial charge in [0.25, 0.3) is 0 Å². The van der Waals surface area contributed by atoms with Gasteiger partial charge in [-0.05, 0) is 13.1 Å². The lowest BCUT2D eigenvalue weighted by molar-refractivity contribution is -0.380. The van der Waals surface area contributed by atoms with Crippen LogP contribution in [0.4, 0.5) is 5.00 Å². The SMILES string of the molecule is CNCCc1ncc(-c2ccc([N+](=O)[O-])s2)o1. The van der Waals surface area contributed by atoms with Crippen molar-refractivity contribution < 1.29 is 9.34 Å². The molecule has 0 amide bonds. The Morgan fingerprint density at radius 2 is 2.41 bits per heavy atom. The average molecular weight is 253 g/mol. The second-order valence-corrected chi connectivity index (χ2v) is 4.43. The van der Waals surface area contributed by atoms with Crippen molar-refractivity contribution in [3.63, 3.8) is 0 Å². The number of nitrogens with zero attached hydrogens (tertiary/aromatic N) is 2. The second-order valence-electron chi connectivity index (χ2n) is 3.37. The number of oxazole rings is 1. The zero-order chi connectivity index (χ0) is 12.3. The van der Waals surface area contributed by atoms with E-state index < -0.39 is 4.92 Å². The first-order valence-electron chi connectivity index (χ1n) is 5.04. The monoisotopic (exact) mass is 253 g/mol. The molecule has 1 N–H and O–H groups in total. The minimum Gasteiger partial charge on any atom is -0.440 e. The molecule has 2 aromatic heterocycles. The molecule has 17 heavy (non-hydrogen) atoms. The minimum absolute atomic E-state index is 0.105. The zero-order valence-corrected chi connectivity index (χ0v) is 9.99. The Kier molecular flexibility index (Phi) is 3.50. The predicted molar refractivity (Wildman–Crippen MR) is 64.1 cm³/mol. The number of hydrogen-bond acceptors (Lipinski definition) is 6. The van der Waals surface area contributed by atoms with E-state index in [2.05, 4.69) is 10.3 Å². The highest BCUT2D eigenvalue weighted by molar-refractivity contribution is 7.18. The Bertz CT molecular complexity index is 520. The maximum Gasteiger partial charge on any atom is 0.324 e. The van der Waals surface area contributed by atoms with Crippen LogP contribution in [0, 0.1) is 10.1 Å². The largest absolute Gasteiger partial charge is 0.440 e. The van der Waals surface area contributed by atoms with Gasteiger partial charge in [-0.15, -0.1) is 0 Å².